The Hall–Kier alpha value is -3.18. The summed E-state index contributed by atoms with van der Waals surface area (Å²) in [5.41, 5.74) is 13.6. The number of carbonyl (C=O) groups is 2. The van der Waals surface area contributed by atoms with E-state index in [-0.39, 0.29) is 47.3 Å². The molecule has 4 aromatic carbocycles. The van der Waals surface area contributed by atoms with Crippen LogP contribution >= 0.6 is 17.2 Å². The van der Waals surface area contributed by atoms with Crippen LogP contribution in [0.5, 0.6) is 0 Å². The second-order valence-electron chi connectivity index (χ2n) is 19.2. The summed E-state index contributed by atoms with van der Waals surface area (Å²) < 4.78 is -1.83. The van der Waals surface area contributed by atoms with E-state index in [1.54, 1.807) is 0 Å². The fourth-order valence-corrected chi connectivity index (χ4v) is 39.8. The van der Waals surface area contributed by atoms with Crippen molar-refractivity contribution in [2.24, 2.45) is 11.8 Å². The van der Waals surface area contributed by atoms with Gasteiger partial charge in [0.2, 0.25) is 0 Å². The van der Waals surface area contributed by atoms with Gasteiger partial charge in [-0.2, -0.15) is 0 Å². The summed E-state index contributed by atoms with van der Waals surface area (Å²) in [4.78, 5) is 27.6. The molecule has 0 bridgehead atoms. The van der Waals surface area contributed by atoms with E-state index in [1.165, 1.54) is 22.3 Å². The standard InChI is InChI=1S/2C22H25.C6H11BN2O2.2ClH.Hf/c2*1-15(2)17-13-16-9-8-11-18(20(16)14-17)19-10-6-7-12-21(19)22(3,4)5;1-3-5(10)8-7-9-6(11)4-2;;;/h2*6-15H,1-5H3;3-4H2,1-2H3,(H-,8,9,10,11);2*1H;/q;;;;;+1/p-1. The van der Waals surface area contributed by atoms with E-state index >= 15 is 0 Å². The molecule has 2 atom stereocenters. The van der Waals surface area contributed by atoms with Gasteiger partial charge in [-0.1, -0.05) is 0 Å². The maximum absolute atomic E-state index is 13.8. The number of nitrogens with one attached hydrogen (secondary N) is 2. The summed E-state index contributed by atoms with van der Waals surface area (Å²) in [6.45, 7) is 26.0. The molecule has 305 valence electrons. The molecular weight excluding hydrogens is 921 g/mol. The monoisotopic (exact) mass is 983 g/mol. The third-order valence-corrected chi connectivity index (χ3v) is 40.8. The van der Waals surface area contributed by atoms with E-state index in [0.717, 1.165) is 44.5 Å². The van der Waals surface area contributed by atoms with Crippen molar-refractivity contribution in [1.29, 1.82) is 0 Å². The van der Waals surface area contributed by atoms with Crippen molar-refractivity contribution in [3.8, 4) is 22.3 Å². The topological polar surface area (TPSA) is 58.2 Å². The summed E-state index contributed by atoms with van der Waals surface area (Å²) in [5, 5.41) is 6.61. The first-order valence-electron chi connectivity index (χ1n) is 21.2. The van der Waals surface area contributed by atoms with Crippen LogP contribution < -0.4 is 10.5 Å². The molecule has 4 nitrogen and oxygen atoms in total. The van der Waals surface area contributed by atoms with E-state index in [0.29, 0.717) is 0 Å². The molecule has 0 saturated carbocycles. The van der Waals surface area contributed by atoms with Gasteiger partial charge in [-0.05, 0) is 0 Å². The van der Waals surface area contributed by atoms with Gasteiger partial charge in [-0.3, -0.25) is 0 Å². The minimum absolute atomic E-state index is 0.0675. The van der Waals surface area contributed by atoms with Gasteiger partial charge < -0.3 is 0 Å². The number of rotatable bonds is 11. The van der Waals surface area contributed by atoms with Crippen molar-refractivity contribution < 1.29 is 25.5 Å². The SMILES string of the molecule is CCC(=O)N[B](NC(=O)CC)[Hf]([Cl])([Cl])([CH]1C(C(C)C)=Cc2c(-c3ccccc3C(C)(C)C)cccc21)[CH]1C(C(C)C)=Cc2c(-c3ccccc3C(C)(C)C)cccc21. The first-order valence-corrected chi connectivity index (χ1v) is 36.3. The normalized spacial score (nSPS) is 17.3. The molecule has 0 aliphatic heterocycles. The number of fused-ring (bicyclic) bond motifs is 2. The van der Waals surface area contributed by atoms with Crippen LogP contribution in [0, 0.1) is 11.8 Å². The minimum atomic E-state index is -6.27. The van der Waals surface area contributed by atoms with Crippen molar-refractivity contribution in [2.75, 3.05) is 0 Å². The molecule has 0 aromatic heterocycles. The van der Waals surface area contributed by atoms with Crippen LogP contribution in [0.4, 0.5) is 0 Å². The third-order valence-electron chi connectivity index (χ3n) is 12.5. The maximum atomic E-state index is 13.8. The molecule has 58 heavy (non-hydrogen) atoms. The number of hydrogen-bond donors (Lipinski definition) is 2. The summed E-state index contributed by atoms with van der Waals surface area (Å²) in [7, 11) is 18.0. The average molecular weight is 983 g/mol. The first kappa shape index (κ1) is 44.4. The Kier molecular flexibility index (Phi) is 12.5. The first-order chi connectivity index (χ1) is 27.1. The van der Waals surface area contributed by atoms with Crippen molar-refractivity contribution in [1.82, 2.24) is 10.5 Å². The number of carbonyl (C=O) groups excluding carboxylic acids is 2. The summed E-state index contributed by atoms with van der Waals surface area (Å²) >= 11 is -6.27. The zero-order chi connectivity index (χ0) is 42.6. The van der Waals surface area contributed by atoms with Crippen LogP contribution in [0.3, 0.4) is 0 Å². The Labute approximate surface area is 356 Å². The molecule has 2 aliphatic rings. The predicted molar refractivity (Wildman–Crippen MR) is 247 cm³/mol. The molecule has 2 unspecified atom stereocenters. The Balaban J connectivity index is 1.74. The zero-order valence-electron chi connectivity index (χ0n) is 36.6. The predicted octanol–water partition coefficient (Wildman–Crippen LogP) is 13.5. The molecule has 4 aromatic rings. The molecule has 2 amide bonds. The van der Waals surface area contributed by atoms with E-state index in [2.05, 4.69) is 177 Å². The van der Waals surface area contributed by atoms with Crippen LogP contribution in [0.1, 0.15) is 137 Å². The van der Waals surface area contributed by atoms with E-state index < -0.39 is 27.8 Å². The number of benzene rings is 4. The van der Waals surface area contributed by atoms with Gasteiger partial charge in [0.25, 0.3) is 0 Å². The Bertz CT molecular complexity index is 2160. The Morgan fingerprint density at radius 2 is 0.931 bits per heavy atom. The molecular formula is C50H62BCl2HfN2O2. The van der Waals surface area contributed by atoms with Gasteiger partial charge in [0, 0.05) is 0 Å². The van der Waals surface area contributed by atoms with Crippen molar-refractivity contribution >= 4 is 45.7 Å². The molecule has 6 rings (SSSR count). The molecule has 2 N–H and O–H groups in total. The average Bonchev–Trinajstić information content (AvgIpc) is 3.79. The van der Waals surface area contributed by atoms with Crippen LogP contribution in [-0.2, 0) is 36.3 Å². The molecule has 0 saturated heterocycles. The van der Waals surface area contributed by atoms with Gasteiger partial charge >= 0.3 is 359 Å². The molecule has 0 fully saturated rings. The fraction of sp³-hybridized carbons (Fsp3) is 0.400. The number of halogens is 2. The van der Waals surface area contributed by atoms with E-state index in [9.17, 15) is 9.59 Å². The Morgan fingerprint density at radius 1 is 0.586 bits per heavy atom. The van der Waals surface area contributed by atoms with Gasteiger partial charge in [0.1, 0.15) is 0 Å². The van der Waals surface area contributed by atoms with Crippen molar-refractivity contribution in [2.45, 2.75) is 114 Å². The van der Waals surface area contributed by atoms with Crippen molar-refractivity contribution in [3.63, 3.8) is 0 Å². The quantitative estimate of drug-likeness (QED) is 0.147. The fourth-order valence-electron chi connectivity index (χ4n) is 9.63. The second-order valence-corrected chi connectivity index (χ2v) is 49.6. The van der Waals surface area contributed by atoms with Gasteiger partial charge in [-0.15, -0.1) is 0 Å². The van der Waals surface area contributed by atoms with Gasteiger partial charge in [0.15, 0.2) is 0 Å². The number of amides is 2. The summed E-state index contributed by atoms with van der Waals surface area (Å²) in [6, 6.07) is 30.4. The Morgan fingerprint density at radius 3 is 1.26 bits per heavy atom. The van der Waals surface area contributed by atoms with E-state index in [1.807, 2.05) is 13.8 Å². The van der Waals surface area contributed by atoms with Crippen LogP contribution in [0.25, 0.3) is 34.4 Å². The van der Waals surface area contributed by atoms with Crippen LogP contribution in [0.2, 0.25) is 0 Å². The molecule has 0 spiro atoms. The van der Waals surface area contributed by atoms with E-state index in [4.69, 9.17) is 17.2 Å². The molecule has 8 heteroatoms. The van der Waals surface area contributed by atoms with Crippen LogP contribution in [0.15, 0.2) is 96.1 Å². The second kappa shape index (κ2) is 16.4. The zero-order valence-corrected chi connectivity index (χ0v) is 41.7. The van der Waals surface area contributed by atoms with Gasteiger partial charge in [-0.25, -0.2) is 0 Å². The summed E-state index contributed by atoms with van der Waals surface area (Å²) in [6.07, 6.45) is 5.13. The molecule has 0 heterocycles. The van der Waals surface area contributed by atoms with Gasteiger partial charge in [0.05, 0.1) is 0 Å². The number of allylic oxidation sites excluding steroid dienone is 2. The molecule has 2 aliphatic carbocycles. The molecule has 0 radical (unpaired) electrons. The number of hydrogen-bond acceptors (Lipinski definition) is 2. The van der Waals surface area contributed by atoms with Crippen LogP contribution in [-0.4, -0.2) is 16.4 Å². The third kappa shape index (κ3) is 7.80. The summed E-state index contributed by atoms with van der Waals surface area (Å²) in [5.74, 6) is -0.267. The van der Waals surface area contributed by atoms with Crippen molar-refractivity contribution in [3.05, 3.63) is 129 Å².